The summed E-state index contributed by atoms with van der Waals surface area (Å²) >= 11 is 3.32. The zero-order valence-corrected chi connectivity index (χ0v) is 8.22. The molecule has 0 aliphatic heterocycles. The lowest BCUT2D eigenvalue weighted by Gasteiger charge is -2.05. The summed E-state index contributed by atoms with van der Waals surface area (Å²) in [4.78, 5) is 0. The lowest BCUT2D eigenvalue weighted by Crippen LogP contribution is -1.87. The van der Waals surface area contributed by atoms with Crippen LogP contribution in [0.1, 0.15) is 11.1 Å². The molecule has 0 aliphatic carbocycles. The second-order valence-electron chi connectivity index (χ2n) is 2.53. The summed E-state index contributed by atoms with van der Waals surface area (Å²) in [5.41, 5.74) is 1.69. The third-order valence-corrected chi connectivity index (χ3v) is 2.77. The van der Waals surface area contributed by atoms with Crippen molar-refractivity contribution in [1.82, 2.24) is 0 Å². The molecule has 0 saturated heterocycles. The molecule has 62 valence electrons. The smallest absolute Gasteiger partial charge is 0.120 e. The molecule has 0 unspecified atom stereocenters. The number of hydrogen-bond donors (Lipinski definition) is 1. The van der Waals surface area contributed by atoms with Gasteiger partial charge in [-0.1, -0.05) is 22.0 Å². The predicted molar refractivity (Wildman–Crippen MR) is 49.9 cm³/mol. The second kappa shape index (κ2) is 3.59. The summed E-state index contributed by atoms with van der Waals surface area (Å²) in [5, 5.41) is 17.8. The Labute approximate surface area is 79.6 Å². The fraction of sp³-hybridized carbons (Fsp3) is 0.222. The third kappa shape index (κ3) is 1.59. The molecule has 0 spiro atoms. The number of phenolic OH excluding ortho intramolecular Hbond substituents is 1. The van der Waals surface area contributed by atoms with E-state index in [0.717, 1.165) is 10.0 Å². The molecule has 0 fully saturated rings. The number of nitriles is 1. The summed E-state index contributed by atoms with van der Waals surface area (Å²) < 4.78 is 0.823. The average Bonchev–Trinajstić information content (AvgIpc) is 2.06. The molecule has 1 rings (SSSR count). The van der Waals surface area contributed by atoms with Crippen LogP contribution in [-0.4, -0.2) is 5.11 Å². The van der Waals surface area contributed by atoms with Crippen LogP contribution < -0.4 is 0 Å². The minimum absolute atomic E-state index is 0.175. The number of aryl methyl sites for hydroxylation is 1. The largest absolute Gasteiger partial charge is 0.508 e. The van der Waals surface area contributed by atoms with Crippen LogP contribution in [0.25, 0.3) is 0 Å². The Morgan fingerprint density at radius 3 is 2.83 bits per heavy atom. The van der Waals surface area contributed by atoms with Gasteiger partial charge in [0.2, 0.25) is 0 Å². The molecule has 0 aliphatic rings. The van der Waals surface area contributed by atoms with Crippen LogP contribution in [0.5, 0.6) is 5.75 Å². The maximum atomic E-state index is 9.37. The van der Waals surface area contributed by atoms with Gasteiger partial charge in [0.15, 0.2) is 0 Å². The second-order valence-corrected chi connectivity index (χ2v) is 3.32. The number of benzene rings is 1. The Balaban J connectivity index is 3.25. The van der Waals surface area contributed by atoms with Crippen molar-refractivity contribution >= 4 is 15.9 Å². The number of phenols is 1. The van der Waals surface area contributed by atoms with Gasteiger partial charge >= 0.3 is 0 Å². The van der Waals surface area contributed by atoms with Crippen LogP contribution in [0.2, 0.25) is 0 Å². The van der Waals surface area contributed by atoms with Crippen molar-refractivity contribution in [1.29, 1.82) is 5.26 Å². The SMILES string of the molecule is Cc1ccc(O)c(CC#N)c1Br. The average molecular weight is 226 g/mol. The number of aromatic hydroxyl groups is 1. The number of halogens is 1. The summed E-state index contributed by atoms with van der Waals surface area (Å²) in [6.45, 7) is 1.92. The Morgan fingerprint density at radius 2 is 2.25 bits per heavy atom. The lowest BCUT2D eigenvalue weighted by molar-refractivity contribution is 0.469. The van der Waals surface area contributed by atoms with Gasteiger partial charge in [-0.3, -0.25) is 0 Å². The van der Waals surface area contributed by atoms with Gasteiger partial charge in [-0.15, -0.1) is 0 Å². The van der Waals surface area contributed by atoms with Crippen molar-refractivity contribution in [3.05, 3.63) is 27.7 Å². The maximum Gasteiger partial charge on any atom is 0.120 e. The molecule has 1 aromatic rings. The highest BCUT2D eigenvalue weighted by molar-refractivity contribution is 9.10. The standard InChI is InChI=1S/C9H8BrNO/c1-6-2-3-8(12)7(4-5-11)9(6)10/h2-3,12H,4H2,1H3. The molecule has 0 radical (unpaired) electrons. The first-order chi connectivity index (χ1) is 5.66. The van der Waals surface area contributed by atoms with E-state index in [1.807, 2.05) is 13.0 Å². The first kappa shape index (κ1) is 9.08. The van der Waals surface area contributed by atoms with Crippen LogP contribution >= 0.6 is 15.9 Å². The first-order valence-electron chi connectivity index (χ1n) is 3.50. The van der Waals surface area contributed by atoms with Crippen molar-refractivity contribution in [3.63, 3.8) is 0 Å². The highest BCUT2D eigenvalue weighted by atomic mass is 79.9. The van der Waals surface area contributed by atoms with Gasteiger partial charge < -0.3 is 5.11 Å². The van der Waals surface area contributed by atoms with E-state index < -0.39 is 0 Å². The molecule has 0 bridgehead atoms. The van der Waals surface area contributed by atoms with Gasteiger partial charge in [0.05, 0.1) is 12.5 Å². The molecule has 1 aromatic carbocycles. The number of hydrogen-bond acceptors (Lipinski definition) is 2. The van der Waals surface area contributed by atoms with Crippen molar-refractivity contribution in [3.8, 4) is 11.8 Å². The molecule has 2 nitrogen and oxygen atoms in total. The number of nitrogens with zero attached hydrogens (tertiary/aromatic N) is 1. The predicted octanol–water partition coefficient (Wildman–Crippen LogP) is 2.53. The van der Waals surface area contributed by atoms with E-state index in [-0.39, 0.29) is 12.2 Å². The zero-order valence-electron chi connectivity index (χ0n) is 6.63. The Kier molecular flexibility index (Phi) is 2.72. The number of rotatable bonds is 1. The molecular weight excluding hydrogens is 218 g/mol. The fourth-order valence-corrected chi connectivity index (χ4v) is 1.45. The quantitative estimate of drug-likeness (QED) is 0.799. The molecule has 12 heavy (non-hydrogen) atoms. The van der Waals surface area contributed by atoms with E-state index in [1.165, 1.54) is 0 Å². The van der Waals surface area contributed by atoms with E-state index >= 15 is 0 Å². The van der Waals surface area contributed by atoms with Crippen molar-refractivity contribution < 1.29 is 5.11 Å². The summed E-state index contributed by atoms with van der Waals surface area (Å²) in [6.07, 6.45) is 0.230. The van der Waals surface area contributed by atoms with Gasteiger partial charge in [-0.05, 0) is 18.6 Å². The zero-order chi connectivity index (χ0) is 9.14. The molecule has 0 atom stereocenters. The molecular formula is C9H8BrNO. The minimum atomic E-state index is 0.175. The Bertz CT molecular complexity index is 341. The molecule has 0 aromatic heterocycles. The van der Waals surface area contributed by atoms with E-state index in [9.17, 15) is 5.11 Å². The van der Waals surface area contributed by atoms with E-state index in [0.29, 0.717) is 5.56 Å². The van der Waals surface area contributed by atoms with E-state index in [2.05, 4.69) is 15.9 Å². The molecule has 0 heterocycles. The maximum absolute atomic E-state index is 9.37. The minimum Gasteiger partial charge on any atom is -0.508 e. The van der Waals surface area contributed by atoms with Crippen molar-refractivity contribution in [2.45, 2.75) is 13.3 Å². The van der Waals surface area contributed by atoms with Gasteiger partial charge in [-0.25, -0.2) is 0 Å². The summed E-state index contributed by atoms with van der Waals surface area (Å²) in [6, 6.07) is 5.41. The van der Waals surface area contributed by atoms with Crippen LogP contribution in [0.4, 0.5) is 0 Å². The highest BCUT2D eigenvalue weighted by Gasteiger charge is 2.07. The van der Waals surface area contributed by atoms with Crippen LogP contribution in [0.3, 0.4) is 0 Å². The first-order valence-corrected chi connectivity index (χ1v) is 4.30. The molecule has 1 N–H and O–H groups in total. The van der Waals surface area contributed by atoms with Gasteiger partial charge in [-0.2, -0.15) is 5.26 Å². The van der Waals surface area contributed by atoms with Gasteiger partial charge in [0.1, 0.15) is 5.75 Å². The molecule has 0 amide bonds. The van der Waals surface area contributed by atoms with Crippen LogP contribution in [0, 0.1) is 18.3 Å². The summed E-state index contributed by atoms with van der Waals surface area (Å²) in [7, 11) is 0. The van der Waals surface area contributed by atoms with Gasteiger partial charge in [0.25, 0.3) is 0 Å². The van der Waals surface area contributed by atoms with E-state index in [1.54, 1.807) is 12.1 Å². The van der Waals surface area contributed by atoms with Crippen LogP contribution in [-0.2, 0) is 6.42 Å². The molecule has 0 saturated carbocycles. The Hall–Kier alpha value is -1.01. The topological polar surface area (TPSA) is 44.0 Å². The molecule has 3 heteroatoms. The monoisotopic (exact) mass is 225 g/mol. The van der Waals surface area contributed by atoms with E-state index in [4.69, 9.17) is 5.26 Å². The van der Waals surface area contributed by atoms with Crippen molar-refractivity contribution in [2.24, 2.45) is 0 Å². The Morgan fingerprint density at radius 1 is 1.58 bits per heavy atom. The summed E-state index contributed by atoms with van der Waals surface area (Å²) in [5.74, 6) is 0.175. The highest BCUT2D eigenvalue weighted by Crippen LogP contribution is 2.29. The normalized spacial score (nSPS) is 9.42. The van der Waals surface area contributed by atoms with Crippen LogP contribution in [0.15, 0.2) is 16.6 Å². The third-order valence-electron chi connectivity index (χ3n) is 1.67. The lowest BCUT2D eigenvalue weighted by atomic mass is 10.1. The fourth-order valence-electron chi connectivity index (χ4n) is 0.975. The van der Waals surface area contributed by atoms with Gasteiger partial charge in [0, 0.05) is 10.0 Å². The van der Waals surface area contributed by atoms with Crippen molar-refractivity contribution in [2.75, 3.05) is 0 Å².